The molecule has 1 heterocycles. The number of nitro benzene ring substituents is 1. The molecule has 0 saturated carbocycles. The molecule has 2 aromatic rings. The summed E-state index contributed by atoms with van der Waals surface area (Å²) in [6.07, 6.45) is 2.53. The van der Waals surface area contributed by atoms with E-state index in [1.165, 1.54) is 24.3 Å². The molecule has 0 unspecified atom stereocenters. The van der Waals surface area contributed by atoms with E-state index in [9.17, 15) is 19.7 Å². The van der Waals surface area contributed by atoms with Gasteiger partial charge in [0.25, 0.3) is 5.69 Å². The molecule has 0 radical (unpaired) electrons. The van der Waals surface area contributed by atoms with E-state index in [0.717, 1.165) is 17.5 Å². The second-order valence-corrected chi connectivity index (χ2v) is 5.56. The number of hydrogen-bond acceptors (Lipinski definition) is 5. The maximum atomic E-state index is 12.1. The van der Waals surface area contributed by atoms with Gasteiger partial charge in [-0.1, -0.05) is 12.1 Å². The van der Waals surface area contributed by atoms with Crippen molar-refractivity contribution in [2.75, 3.05) is 6.61 Å². The zero-order valence-corrected chi connectivity index (χ0v) is 14.2. The van der Waals surface area contributed by atoms with Gasteiger partial charge in [0.1, 0.15) is 0 Å². The van der Waals surface area contributed by atoms with E-state index < -0.39 is 10.9 Å². The Bertz CT molecular complexity index is 864. The Labute approximate surface area is 144 Å². The first-order valence-electron chi connectivity index (χ1n) is 7.55. The van der Waals surface area contributed by atoms with Gasteiger partial charge in [0.05, 0.1) is 4.92 Å². The predicted octanol–water partition coefficient (Wildman–Crippen LogP) is 2.99. The van der Waals surface area contributed by atoms with Crippen molar-refractivity contribution < 1.29 is 19.2 Å². The van der Waals surface area contributed by atoms with Crippen LogP contribution in [0.25, 0.3) is 6.08 Å². The maximum Gasteiger partial charge on any atom is 0.331 e. The number of carbonyl (C=O) groups excluding carboxylic acids is 2. The van der Waals surface area contributed by atoms with Gasteiger partial charge in [0, 0.05) is 42.2 Å². The molecule has 25 heavy (non-hydrogen) atoms. The molecule has 0 atom stereocenters. The van der Waals surface area contributed by atoms with Crippen LogP contribution in [0.2, 0.25) is 0 Å². The molecule has 0 aliphatic carbocycles. The molecule has 0 spiro atoms. The van der Waals surface area contributed by atoms with Crippen molar-refractivity contribution >= 4 is 23.5 Å². The lowest BCUT2D eigenvalue weighted by molar-refractivity contribution is -0.384. The molecule has 7 heteroatoms. The highest BCUT2D eigenvalue weighted by molar-refractivity contribution is 6.00. The molecule has 7 nitrogen and oxygen atoms in total. The molecule has 1 aromatic heterocycles. The highest BCUT2D eigenvalue weighted by Crippen LogP contribution is 2.15. The van der Waals surface area contributed by atoms with Crippen molar-refractivity contribution in [1.29, 1.82) is 0 Å². The van der Waals surface area contributed by atoms with Crippen LogP contribution in [0.5, 0.6) is 0 Å². The van der Waals surface area contributed by atoms with Gasteiger partial charge in [-0.05, 0) is 31.6 Å². The van der Waals surface area contributed by atoms with Crippen LogP contribution in [0.15, 0.2) is 36.4 Å². The fourth-order valence-corrected chi connectivity index (χ4v) is 2.31. The van der Waals surface area contributed by atoms with Crippen LogP contribution < -0.4 is 0 Å². The normalized spacial score (nSPS) is 10.8. The Morgan fingerprint density at radius 2 is 2.00 bits per heavy atom. The minimum atomic E-state index is -0.690. The number of esters is 1. The standard InChI is InChI=1S/C18H18N2O5/c1-12-9-16(13(2)19(12)3)17(21)11-25-18(22)8-7-14-5-4-6-15(10-14)20(23)24/h4-10H,11H2,1-3H3. The molecule has 0 aliphatic heterocycles. The molecule has 0 amide bonds. The van der Waals surface area contributed by atoms with Gasteiger partial charge < -0.3 is 9.30 Å². The largest absolute Gasteiger partial charge is 0.454 e. The number of nitro groups is 1. The summed E-state index contributed by atoms with van der Waals surface area (Å²) in [4.78, 5) is 34.1. The van der Waals surface area contributed by atoms with E-state index in [4.69, 9.17) is 4.74 Å². The van der Waals surface area contributed by atoms with Crippen LogP contribution in [-0.2, 0) is 16.6 Å². The van der Waals surface area contributed by atoms with Crippen molar-refractivity contribution in [3.05, 3.63) is 69.0 Å². The van der Waals surface area contributed by atoms with Crippen LogP contribution in [0.4, 0.5) is 5.69 Å². The van der Waals surface area contributed by atoms with Crippen LogP contribution in [0.3, 0.4) is 0 Å². The van der Waals surface area contributed by atoms with Crippen molar-refractivity contribution in [2.45, 2.75) is 13.8 Å². The van der Waals surface area contributed by atoms with Gasteiger partial charge in [-0.2, -0.15) is 0 Å². The molecule has 0 bridgehead atoms. The predicted molar refractivity (Wildman–Crippen MR) is 92.3 cm³/mol. The molecule has 1 aromatic carbocycles. The monoisotopic (exact) mass is 342 g/mol. The summed E-state index contributed by atoms with van der Waals surface area (Å²) in [5.41, 5.74) is 2.70. The Hall–Kier alpha value is -3.22. The first-order valence-corrected chi connectivity index (χ1v) is 7.55. The van der Waals surface area contributed by atoms with Gasteiger partial charge in [0.2, 0.25) is 5.78 Å². The molecule has 0 N–H and O–H groups in total. The number of carbonyl (C=O) groups is 2. The number of non-ortho nitro benzene ring substituents is 1. The number of aromatic nitrogens is 1. The SMILES string of the molecule is Cc1cc(C(=O)COC(=O)C=Cc2cccc([N+](=O)[O-])c2)c(C)n1C. The van der Waals surface area contributed by atoms with Crippen LogP contribution in [-0.4, -0.2) is 27.8 Å². The smallest absolute Gasteiger partial charge is 0.331 e. The average Bonchev–Trinajstić information content (AvgIpc) is 2.85. The number of hydrogen-bond donors (Lipinski definition) is 0. The van der Waals surface area contributed by atoms with Crippen molar-refractivity contribution in [1.82, 2.24) is 4.57 Å². The maximum absolute atomic E-state index is 12.1. The summed E-state index contributed by atoms with van der Waals surface area (Å²) in [7, 11) is 1.86. The van der Waals surface area contributed by atoms with Gasteiger partial charge >= 0.3 is 5.97 Å². The van der Waals surface area contributed by atoms with Crippen molar-refractivity contribution in [3.63, 3.8) is 0 Å². The van der Waals surface area contributed by atoms with E-state index in [2.05, 4.69) is 0 Å². The Kier molecular flexibility index (Phi) is 5.49. The van der Waals surface area contributed by atoms with Crippen molar-refractivity contribution in [3.8, 4) is 0 Å². The second-order valence-electron chi connectivity index (χ2n) is 5.56. The lowest BCUT2D eigenvalue weighted by atomic mass is 10.1. The topological polar surface area (TPSA) is 91.4 Å². The molecule has 2 rings (SSSR count). The summed E-state index contributed by atoms with van der Waals surface area (Å²) >= 11 is 0. The van der Waals surface area contributed by atoms with Crippen molar-refractivity contribution in [2.24, 2.45) is 7.05 Å². The van der Waals surface area contributed by atoms with Gasteiger partial charge in [-0.3, -0.25) is 14.9 Å². The highest BCUT2D eigenvalue weighted by Gasteiger charge is 2.15. The van der Waals surface area contributed by atoms with Gasteiger partial charge in [0.15, 0.2) is 6.61 Å². The van der Waals surface area contributed by atoms with Gasteiger partial charge in [-0.25, -0.2) is 4.79 Å². The van der Waals surface area contributed by atoms with Gasteiger partial charge in [-0.15, -0.1) is 0 Å². The van der Waals surface area contributed by atoms with E-state index in [0.29, 0.717) is 11.1 Å². The fraction of sp³-hybridized carbons (Fsp3) is 0.222. The molecule has 0 saturated heterocycles. The molecule has 130 valence electrons. The zero-order chi connectivity index (χ0) is 18.6. The first kappa shape index (κ1) is 18.1. The Morgan fingerprint density at radius 3 is 2.60 bits per heavy atom. The first-order chi connectivity index (χ1) is 11.8. The number of nitrogens with zero attached hydrogens (tertiary/aromatic N) is 2. The lowest BCUT2D eigenvalue weighted by Crippen LogP contribution is -2.13. The van der Waals surface area contributed by atoms with Crippen LogP contribution in [0.1, 0.15) is 27.3 Å². The summed E-state index contributed by atoms with van der Waals surface area (Å²) in [5, 5.41) is 10.7. The third-order valence-corrected chi connectivity index (χ3v) is 3.91. The number of rotatable bonds is 6. The molecular weight excluding hydrogens is 324 g/mol. The third-order valence-electron chi connectivity index (χ3n) is 3.91. The highest BCUT2D eigenvalue weighted by atomic mass is 16.6. The van der Waals surface area contributed by atoms with Crippen LogP contribution >= 0.6 is 0 Å². The summed E-state index contributed by atoms with van der Waals surface area (Å²) in [5.74, 6) is -0.969. The van der Waals surface area contributed by atoms with E-state index >= 15 is 0 Å². The van der Waals surface area contributed by atoms with E-state index in [1.54, 1.807) is 12.1 Å². The number of benzene rings is 1. The third kappa shape index (κ3) is 4.41. The number of ketones is 1. The minimum Gasteiger partial charge on any atom is -0.454 e. The molecular formula is C18H18N2O5. The molecule has 0 aliphatic rings. The fourth-order valence-electron chi connectivity index (χ4n) is 2.31. The Balaban J connectivity index is 1.96. The summed E-state index contributed by atoms with van der Waals surface area (Å²) in [6, 6.07) is 7.60. The van der Waals surface area contributed by atoms with Crippen LogP contribution in [0, 0.1) is 24.0 Å². The van der Waals surface area contributed by atoms with E-state index in [1.807, 2.05) is 25.5 Å². The van der Waals surface area contributed by atoms with E-state index in [-0.39, 0.29) is 18.1 Å². The number of Topliss-reactive ketones (excluding diaryl/α,β-unsaturated/α-hetero) is 1. The molecule has 0 fully saturated rings. The number of aryl methyl sites for hydroxylation is 1. The lowest BCUT2D eigenvalue weighted by Gasteiger charge is -2.03. The quantitative estimate of drug-likeness (QED) is 0.265. The number of ether oxygens (including phenoxy) is 1. The summed E-state index contributed by atoms with van der Waals surface area (Å²) < 4.78 is 6.83. The second kappa shape index (κ2) is 7.57. The average molecular weight is 342 g/mol. The zero-order valence-electron chi connectivity index (χ0n) is 14.2. The summed E-state index contributed by atoms with van der Waals surface area (Å²) in [6.45, 7) is 3.35. The Morgan fingerprint density at radius 1 is 1.28 bits per heavy atom. The minimum absolute atomic E-state index is 0.0689.